The molecule has 8 aromatic carbocycles. The van der Waals surface area contributed by atoms with Crippen molar-refractivity contribution in [2.75, 3.05) is 0 Å². The van der Waals surface area contributed by atoms with Crippen molar-refractivity contribution in [2.45, 2.75) is 79.6 Å². The first-order chi connectivity index (χ1) is 35.1. The van der Waals surface area contributed by atoms with Crippen LogP contribution in [0.2, 0.25) is 0 Å². The van der Waals surface area contributed by atoms with Gasteiger partial charge in [-0.05, 0) is 155 Å². The van der Waals surface area contributed by atoms with Crippen LogP contribution in [0.4, 0.5) is 0 Å². The van der Waals surface area contributed by atoms with E-state index < -0.39 is 0 Å². The molecule has 0 spiro atoms. The fourth-order valence-corrected chi connectivity index (χ4v) is 11.2. The molecule has 0 aliphatic rings. The number of hydrogen-bond donors (Lipinski definition) is 0. The normalized spacial score (nSPS) is 11.5. The van der Waals surface area contributed by atoms with Gasteiger partial charge < -0.3 is 0 Å². The lowest BCUT2D eigenvalue weighted by atomic mass is 9.65. The largest absolute Gasteiger partial charge is 0.256 e. The molecule has 0 bridgehead atoms. The molecule has 0 amide bonds. The second kappa shape index (κ2) is 20.8. The van der Waals surface area contributed by atoms with Gasteiger partial charge in [0.15, 0.2) is 0 Å². The fourth-order valence-electron chi connectivity index (χ4n) is 11.2. The summed E-state index contributed by atoms with van der Waals surface area (Å²) in [5.41, 5.74) is 27.5. The first-order valence-electron chi connectivity index (χ1n) is 25.9. The lowest BCUT2D eigenvalue weighted by molar-refractivity contribution is 0.480. The minimum Gasteiger partial charge on any atom is -0.256 e. The lowest BCUT2D eigenvalue weighted by Crippen LogP contribution is -2.28. The first kappa shape index (κ1) is 47.7. The van der Waals surface area contributed by atoms with E-state index in [1.165, 1.54) is 94.6 Å². The molecule has 72 heavy (non-hydrogen) atoms. The summed E-state index contributed by atoms with van der Waals surface area (Å²) < 4.78 is 0. The summed E-state index contributed by atoms with van der Waals surface area (Å²) in [6.45, 7) is 15.8. The maximum absolute atomic E-state index is 5.08. The number of benzene rings is 8. The van der Waals surface area contributed by atoms with E-state index in [1.54, 1.807) is 0 Å². The predicted octanol–water partition coefficient (Wildman–Crippen LogP) is 19.1. The molecule has 0 saturated heterocycles. The average Bonchev–Trinajstić information content (AvgIpc) is 3.42. The molecule has 0 aliphatic heterocycles. The van der Waals surface area contributed by atoms with Crippen LogP contribution in [0.1, 0.15) is 79.0 Å². The summed E-state index contributed by atoms with van der Waals surface area (Å²) in [6, 6.07) is 73.9. The molecule has 0 radical (unpaired) electrons. The number of pyridine rings is 2. The molecule has 354 valence electrons. The molecule has 0 saturated carbocycles. The Hall–Kier alpha value is -7.94. The molecule has 2 heteroatoms. The minimum atomic E-state index is -0.240. The third-order valence-corrected chi connectivity index (χ3v) is 15.0. The molecular weight excluding hydrogens is 869 g/mol. The average molecular weight is 933 g/mol. The van der Waals surface area contributed by atoms with E-state index in [4.69, 9.17) is 9.97 Å². The van der Waals surface area contributed by atoms with Gasteiger partial charge in [-0.15, -0.1) is 0 Å². The van der Waals surface area contributed by atoms with Crippen LogP contribution in [0.3, 0.4) is 0 Å². The molecule has 0 aliphatic carbocycles. The molecule has 10 rings (SSSR count). The Kier molecular flexibility index (Phi) is 13.8. The van der Waals surface area contributed by atoms with Crippen molar-refractivity contribution in [3.8, 4) is 89.3 Å². The van der Waals surface area contributed by atoms with Crippen molar-refractivity contribution in [1.29, 1.82) is 0 Å². The van der Waals surface area contributed by atoms with Crippen LogP contribution < -0.4 is 0 Å². The van der Waals surface area contributed by atoms with Crippen LogP contribution in [-0.2, 0) is 11.8 Å². The Bertz CT molecular complexity index is 3500. The number of rotatable bonds is 14. The summed E-state index contributed by atoms with van der Waals surface area (Å²) in [5, 5.41) is 0. The summed E-state index contributed by atoms with van der Waals surface area (Å²) in [4.78, 5) is 10.1. The van der Waals surface area contributed by atoms with Gasteiger partial charge in [-0.3, -0.25) is 9.97 Å². The number of aryl methyl sites for hydroxylation is 5. The molecule has 0 atom stereocenters. The molecule has 0 unspecified atom stereocenters. The standard InChI is InChI=1S/C70H64N2/c1-8-18-51-19-14-22-57(42-51)59-24-16-26-61(44-59)66-46-72-68(41-50(66)7)56-35-31-54(32-36-56)64-28-17-27-63(69(64)70(9-2,10-3)62-38-47(4)37-48(5)39-62)53-29-33-55(34-30-53)67-40-49(6)65(45-71-67)60-25-15-23-58(43-60)52-20-12-11-13-21-52/h11-17,19-46H,8-10,18H2,1-7H3. The van der Waals surface area contributed by atoms with Crippen molar-refractivity contribution in [3.63, 3.8) is 0 Å². The Morgan fingerprint density at radius 1 is 0.347 bits per heavy atom. The monoisotopic (exact) mass is 933 g/mol. The van der Waals surface area contributed by atoms with Gasteiger partial charge in [0.1, 0.15) is 0 Å². The van der Waals surface area contributed by atoms with Gasteiger partial charge in [0.2, 0.25) is 0 Å². The zero-order chi connectivity index (χ0) is 49.8. The SMILES string of the molecule is CCCc1cccc(-c2cccc(-c3cnc(-c4ccc(-c5cccc(-c6ccc(-c7cc(C)c(-c8cccc(-c9ccccc9)c8)cn7)cc6)c5C(CC)(CC)c5cc(C)cc(C)c5)cc4)cc3C)c2)c1. The smallest absolute Gasteiger partial charge is 0.0705 e. The second-order valence-electron chi connectivity index (χ2n) is 19.8. The molecule has 10 aromatic rings. The summed E-state index contributed by atoms with van der Waals surface area (Å²) in [7, 11) is 0. The van der Waals surface area contributed by atoms with E-state index in [1.807, 2.05) is 6.20 Å². The van der Waals surface area contributed by atoms with Crippen molar-refractivity contribution in [2.24, 2.45) is 0 Å². The van der Waals surface area contributed by atoms with Gasteiger partial charge in [0.25, 0.3) is 0 Å². The lowest BCUT2D eigenvalue weighted by Gasteiger charge is -2.37. The third kappa shape index (κ3) is 9.62. The van der Waals surface area contributed by atoms with Crippen molar-refractivity contribution in [1.82, 2.24) is 9.97 Å². The summed E-state index contributed by atoms with van der Waals surface area (Å²) >= 11 is 0. The topological polar surface area (TPSA) is 25.8 Å². The number of nitrogens with zero attached hydrogens (tertiary/aromatic N) is 2. The van der Waals surface area contributed by atoms with Crippen molar-refractivity contribution in [3.05, 3.63) is 252 Å². The van der Waals surface area contributed by atoms with E-state index in [9.17, 15) is 0 Å². The van der Waals surface area contributed by atoms with E-state index in [0.717, 1.165) is 59.3 Å². The highest BCUT2D eigenvalue weighted by molar-refractivity contribution is 5.84. The second-order valence-corrected chi connectivity index (χ2v) is 19.8. The van der Waals surface area contributed by atoms with Crippen LogP contribution in [-0.4, -0.2) is 9.97 Å². The molecule has 0 fully saturated rings. The highest BCUT2D eigenvalue weighted by atomic mass is 14.7. The zero-order valence-electron chi connectivity index (χ0n) is 42.9. The first-order valence-corrected chi connectivity index (χ1v) is 25.9. The van der Waals surface area contributed by atoms with Gasteiger partial charge in [-0.1, -0.05) is 214 Å². The van der Waals surface area contributed by atoms with Crippen molar-refractivity contribution < 1.29 is 0 Å². The van der Waals surface area contributed by atoms with E-state index >= 15 is 0 Å². The van der Waals surface area contributed by atoms with Gasteiger partial charge in [-0.25, -0.2) is 0 Å². The maximum Gasteiger partial charge on any atom is 0.0705 e. The predicted molar refractivity (Wildman–Crippen MR) is 306 cm³/mol. The van der Waals surface area contributed by atoms with Crippen LogP contribution in [0.15, 0.2) is 213 Å². The summed E-state index contributed by atoms with van der Waals surface area (Å²) in [6.07, 6.45) is 8.24. The Balaban J connectivity index is 0.989. The Morgan fingerprint density at radius 3 is 1.26 bits per heavy atom. The van der Waals surface area contributed by atoms with Crippen LogP contribution >= 0.6 is 0 Å². The van der Waals surface area contributed by atoms with Gasteiger partial charge in [0.05, 0.1) is 11.4 Å². The fraction of sp³-hybridized carbons (Fsp3) is 0.171. The highest BCUT2D eigenvalue weighted by Gasteiger charge is 2.36. The molecule has 2 heterocycles. The molecular formula is C70H64N2. The van der Waals surface area contributed by atoms with Gasteiger partial charge >= 0.3 is 0 Å². The maximum atomic E-state index is 5.08. The van der Waals surface area contributed by atoms with Crippen LogP contribution in [0.5, 0.6) is 0 Å². The van der Waals surface area contributed by atoms with Gasteiger partial charge in [-0.2, -0.15) is 0 Å². The van der Waals surface area contributed by atoms with Crippen LogP contribution in [0, 0.1) is 27.7 Å². The van der Waals surface area contributed by atoms with Crippen molar-refractivity contribution >= 4 is 0 Å². The third-order valence-electron chi connectivity index (χ3n) is 15.0. The van der Waals surface area contributed by atoms with Gasteiger partial charge in [0, 0.05) is 40.1 Å². The Labute approximate surface area is 428 Å². The quantitative estimate of drug-likeness (QED) is 0.109. The van der Waals surface area contributed by atoms with E-state index in [0.29, 0.717) is 0 Å². The van der Waals surface area contributed by atoms with E-state index in [-0.39, 0.29) is 5.41 Å². The highest BCUT2D eigenvalue weighted by Crippen LogP contribution is 2.49. The number of aromatic nitrogens is 2. The zero-order valence-corrected chi connectivity index (χ0v) is 42.9. The molecule has 2 aromatic heterocycles. The number of hydrogen-bond acceptors (Lipinski definition) is 2. The minimum absolute atomic E-state index is 0.240. The van der Waals surface area contributed by atoms with Crippen LogP contribution in [0.25, 0.3) is 89.3 Å². The summed E-state index contributed by atoms with van der Waals surface area (Å²) in [5.74, 6) is 0. The molecule has 2 nitrogen and oxygen atoms in total. The molecule has 0 N–H and O–H groups in total. The Morgan fingerprint density at radius 2 is 0.778 bits per heavy atom. The van der Waals surface area contributed by atoms with E-state index in [2.05, 4.69) is 255 Å².